The molecule has 1 aliphatic rings. The Morgan fingerprint density at radius 2 is 2.24 bits per heavy atom. The lowest BCUT2D eigenvalue weighted by molar-refractivity contribution is -0.113. The van der Waals surface area contributed by atoms with E-state index in [0.29, 0.717) is 28.6 Å². The number of nitrogens with one attached hydrogen (secondary N) is 1. The van der Waals surface area contributed by atoms with Gasteiger partial charge in [-0.25, -0.2) is 0 Å². The third-order valence-electron chi connectivity index (χ3n) is 4.30. The number of allylic oxidation sites excluding steroid dienone is 1. The molecule has 1 N–H and O–H groups in total. The van der Waals surface area contributed by atoms with Crippen LogP contribution in [0.4, 0.5) is 5.13 Å². The summed E-state index contributed by atoms with van der Waals surface area (Å²) in [6.45, 7) is 4.35. The first-order chi connectivity index (χ1) is 14.2. The first kappa shape index (κ1) is 19.6. The summed E-state index contributed by atoms with van der Waals surface area (Å²) in [5.41, 5.74) is 0.886. The number of hydrogen-bond acceptors (Lipinski definition) is 8. The number of anilines is 1. The highest BCUT2D eigenvalue weighted by atomic mass is 32.2. The Morgan fingerprint density at radius 3 is 3.00 bits per heavy atom. The van der Waals surface area contributed by atoms with E-state index in [1.165, 1.54) is 23.1 Å². The van der Waals surface area contributed by atoms with Gasteiger partial charge >= 0.3 is 0 Å². The molecule has 0 unspecified atom stereocenters. The molecule has 10 heteroatoms. The molecule has 1 saturated carbocycles. The van der Waals surface area contributed by atoms with Crippen LogP contribution in [0, 0.1) is 0 Å². The van der Waals surface area contributed by atoms with Gasteiger partial charge in [-0.05, 0) is 25.0 Å². The van der Waals surface area contributed by atoms with Gasteiger partial charge < -0.3 is 4.74 Å². The predicted molar refractivity (Wildman–Crippen MR) is 113 cm³/mol. The summed E-state index contributed by atoms with van der Waals surface area (Å²) >= 11 is 2.77. The van der Waals surface area contributed by atoms with E-state index in [0.717, 1.165) is 29.2 Å². The largest absolute Gasteiger partial charge is 0.497 e. The second kappa shape index (κ2) is 8.75. The molecule has 2 heterocycles. The minimum Gasteiger partial charge on any atom is -0.497 e. The average Bonchev–Trinajstić information content (AvgIpc) is 3.36. The van der Waals surface area contributed by atoms with E-state index in [1.54, 1.807) is 13.2 Å². The highest BCUT2D eigenvalue weighted by Gasteiger charge is 2.27. The molecule has 1 amide bonds. The molecule has 4 rings (SSSR count). The van der Waals surface area contributed by atoms with E-state index in [-0.39, 0.29) is 11.7 Å². The molecule has 29 heavy (non-hydrogen) atoms. The van der Waals surface area contributed by atoms with Crippen LogP contribution in [0.15, 0.2) is 42.1 Å². The summed E-state index contributed by atoms with van der Waals surface area (Å²) in [6, 6.07) is 7.62. The molecule has 0 aliphatic heterocycles. The summed E-state index contributed by atoms with van der Waals surface area (Å²) in [7, 11) is 1.62. The Balaban J connectivity index is 1.44. The van der Waals surface area contributed by atoms with Crippen molar-refractivity contribution in [1.29, 1.82) is 0 Å². The molecule has 0 spiro atoms. The lowest BCUT2D eigenvalue weighted by atomic mass is 10.2. The van der Waals surface area contributed by atoms with E-state index in [1.807, 2.05) is 28.8 Å². The molecule has 0 atom stereocenters. The molecule has 1 aliphatic carbocycles. The highest BCUT2D eigenvalue weighted by Crippen LogP contribution is 2.42. The second-order valence-corrected chi connectivity index (χ2v) is 8.45. The minimum atomic E-state index is -0.149. The molecule has 2 aromatic heterocycles. The number of carbonyl (C=O) groups excluding carboxylic acids is 1. The Bertz CT molecular complexity index is 1030. The Kier molecular flexibility index (Phi) is 5.91. The van der Waals surface area contributed by atoms with Crippen LogP contribution in [-0.2, 0) is 11.3 Å². The number of ether oxygens (including phenoxy) is 1. The van der Waals surface area contributed by atoms with Gasteiger partial charge in [0, 0.05) is 18.0 Å². The van der Waals surface area contributed by atoms with E-state index in [9.17, 15) is 4.79 Å². The Labute approximate surface area is 176 Å². The number of methoxy groups -OCH3 is 1. The topological polar surface area (TPSA) is 94.8 Å². The number of amides is 1. The molecule has 1 aromatic carbocycles. The minimum absolute atomic E-state index is 0.149. The van der Waals surface area contributed by atoms with Crippen molar-refractivity contribution in [3.8, 4) is 17.1 Å². The maximum absolute atomic E-state index is 12.3. The van der Waals surface area contributed by atoms with Crippen molar-refractivity contribution in [2.75, 3.05) is 18.2 Å². The van der Waals surface area contributed by atoms with Crippen LogP contribution >= 0.6 is 23.1 Å². The fourth-order valence-corrected chi connectivity index (χ4v) is 4.41. The highest BCUT2D eigenvalue weighted by molar-refractivity contribution is 7.99. The zero-order valence-electron chi connectivity index (χ0n) is 15.9. The van der Waals surface area contributed by atoms with Gasteiger partial charge in [0.05, 0.1) is 12.9 Å². The summed E-state index contributed by atoms with van der Waals surface area (Å²) < 4.78 is 7.22. The molecule has 150 valence electrons. The molecular formula is C19H20N6O2S2. The smallest absolute Gasteiger partial charge is 0.236 e. The van der Waals surface area contributed by atoms with E-state index < -0.39 is 0 Å². The van der Waals surface area contributed by atoms with Gasteiger partial charge in [-0.1, -0.05) is 41.3 Å². The summed E-state index contributed by atoms with van der Waals surface area (Å²) in [5, 5.41) is 21.8. The van der Waals surface area contributed by atoms with E-state index >= 15 is 0 Å². The lowest BCUT2D eigenvalue weighted by Gasteiger charge is -2.08. The lowest BCUT2D eigenvalue weighted by Crippen LogP contribution is -2.14. The first-order valence-electron chi connectivity index (χ1n) is 9.12. The monoisotopic (exact) mass is 428 g/mol. The fraction of sp³-hybridized carbons (Fsp3) is 0.316. The second-order valence-electron chi connectivity index (χ2n) is 6.49. The van der Waals surface area contributed by atoms with Crippen molar-refractivity contribution >= 4 is 34.1 Å². The summed E-state index contributed by atoms with van der Waals surface area (Å²) in [5.74, 6) is 2.02. The maximum Gasteiger partial charge on any atom is 0.236 e. The number of aromatic nitrogens is 5. The van der Waals surface area contributed by atoms with Gasteiger partial charge in [-0.15, -0.1) is 27.0 Å². The van der Waals surface area contributed by atoms with Gasteiger partial charge in [0.1, 0.15) is 10.8 Å². The fourth-order valence-electron chi connectivity index (χ4n) is 2.73. The van der Waals surface area contributed by atoms with Crippen molar-refractivity contribution in [3.05, 3.63) is 41.9 Å². The average molecular weight is 429 g/mol. The van der Waals surface area contributed by atoms with Gasteiger partial charge in [-0.3, -0.25) is 14.7 Å². The molecule has 0 radical (unpaired) electrons. The number of thioether (sulfide) groups is 1. The van der Waals surface area contributed by atoms with Gasteiger partial charge in [0.2, 0.25) is 11.0 Å². The summed E-state index contributed by atoms with van der Waals surface area (Å²) in [6.07, 6.45) is 4.10. The van der Waals surface area contributed by atoms with Crippen LogP contribution in [0.2, 0.25) is 0 Å². The maximum atomic E-state index is 12.3. The van der Waals surface area contributed by atoms with Gasteiger partial charge in [-0.2, -0.15) is 0 Å². The van der Waals surface area contributed by atoms with Crippen LogP contribution < -0.4 is 10.1 Å². The SMILES string of the molecule is C=CCn1c(SCC(=O)Nc2nnc(C3CC3)s2)nnc1-c1cccc(OC)c1. The third-order valence-corrected chi connectivity index (χ3v) is 6.27. The van der Waals surface area contributed by atoms with E-state index in [2.05, 4.69) is 32.3 Å². The number of hydrogen-bond donors (Lipinski definition) is 1. The zero-order valence-corrected chi connectivity index (χ0v) is 17.5. The number of benzene rings is 1. The first-order valence-corrected chi connectivity index (χ1v) is 10.9. The molecule has 8 nitrogen and oxygen atoms in total. The standard InChI is InChI=1S/C19H20N6O2S2/c1-3-9-25-16(13-5-4-6-14(10-13)27-2)21-24-19(25)28-11-15(26)20-18-23-22-17(29-18)12-7-8-12/h3-6,10,12H,1,7-9,11H2,2H3,(H,20,23,26). The molecular weight excluding hydrogens is 408 g/mol. The van der Waals surface area contributed by atoms with Crippen molar-refractivity contribution < 1.29 is 9.53 Å². The molecule has 3 aromatic rings. The molecule has 0 bridgehead atoms. The normalized spacial score (nSPS) is 13.3. The summed E-state index contributed by atoms with van der Waals surface area (Å²) in [4.78, 5) is 12.3. The van der Waals surface area contributed by atoms with Crippen molar-refractivity contribution in [1.82, 2.24) is 25.0 Å². The van der Waals surface area contributed by atoms with Crippen LogP contribution in [0.3, 0.4) is 0 Å². The van der Waals surface area contributed by atoms with Crippen molar-refractivity contribution in [2.45, 2.75) is 30.5 Å². The van der Waals surface area contributed by atoms with Crippen molar-refractivity contribution in [2.24, 2.45) is 0 Å². The van der Waals surface area contributed by atoms with Crippen LogP contribution in [-0.4, -0.2) is 43.7 Å². The predicted octanol–water partition coefficient (Wildman–Crippen LogP) is 3.60. The number of carbonyl (C=O) groups is 1. The van der Waals surface area contributed by atoms with Gasteiger partial charge in [0.15, 0.2) is 11.0 Å². The third kappa shape index (κ3) is 4.65. The van der Waals surface area contributed by atoms with E-state index in [4.69, 9.17) is 4.74 Å². The number of nitrogens with zero attached hydrogens (tertiary/aromatic N) is 5. The number of rotatable bonds is 9. The van der Waals surface area contributed by atoms with Crippen LogP contribution in [0.5, 0.6) is 5.75 Å². The zero-order chi connectivity index (χ0) is 20.2. The quantitative estimate of drug-likeness (QED) is 0.411. The molecule has 0 saturated heterocycles. The van der Waals surface area contributed by atoms with Crippen LogP contribution in [0.1, 0.15) is 23.8 Å². The Morgan fingerprint density at radius 1 is 1.38 bits per heavy atom. The Hall–Kier alpha value is -2.72. The molecule has 1 fully saturated rings. The van der Waals surface area contributed by atoms with Crippen molar-refractivity contribution in [3.63, 3.8) is 0 Å². The van der Waals surface area contributed by atoms with Gasteiger partial charge in [0.25, 0.3) is 0 Å². The van der Waals surface area contributed by atoms with Crippen LogP contribution in [0.25, 0.3) is 11.4 Å².